The van der Waals surface area contributed by atoms with Crippen molar-refractivity contribution in [2.24, 2.45) is 17.8 Å². The summed E-state index contributed by atoms with van der Waals surface area (Å²) in [4.78, 5) is 14.6. The van der Waals surface area contributed by atoms with Crippen LogP contribution >= 0.6 is 0 Å². The summed E-state index contributed by atoms with van der Waals surface area (Å²) in [5.41, 5.74) is 0. The molecule has 1 aliphatic carbocycles. The average molecular weight is 252 g/mol. The Morgan fingerprint density at radius 1 is 1.39 bits per heavy atom. The van der Waals surface area contributed by atoms with Gasteiger partial charge in [-0.25, -0.2) is 0 Å². The minimum absolute atomic E-state index is 0.0359. The zero-order chi connectivity index (χ0) is 13.3. The normalized spacial score (nSPS) is 36.9. The van der Waals surface area contributed by atoms with Gasteiger partial charge in [-0.05, 0) is 37.0 Å². The quantitative estimate of drug-likeness (QED) is 0.834. The highest BCUT2D eigenvalue weighted by molar-refractivity contribution is 5.84. The van der Waals surface area contributed by atoms with Crippen molar-refractivity contribution in [1.82, 2.24) is 10.2 Å². The number of hydrogen-bond donors (Lipinski definition) is 1. The monoisotopic (exact) mass is 252 g/mol. The SMILES string of the molecule is CCC1NC(C(C)C)C(=O)N1CC1CCC(C)C1. The Morgan fingerprint density at radius 2 is 2.11 bits per heavy atom. The van der Waals surface area contributed by atoms with Crippen molar-refractivity contribution in [3.8, 4) is 0 Å². The van der Waals surface area contributed by atoms with Gasteiger partial charge in [-0.1, -0.05) is 34.1 Å². The fourth-order valence-corrected chi connectivity index (χ4v) is 3.50. The van der Waals surface area contributed by atoms with Gasteiger partial charge in [0.05, 0.1) is 12.2 Å². The molecule has 1 amide bonds. The summed E-state index contributed by atoms with van der Waals surface area (Å²) in [7, 11) is 0. The molecule has 0 spiro atoms. The van der Waals surface area contributed by atoms with Gasteiger partial charge in [0.25, 0.3) is 0 Å². The highest BCUT2D eigenvalue weighted by Gasteiger charge is 2.40. The van der Waals surface area contributed by atoms with E-state index in [1.54, 1.807) is 0 Å². The van der Waals surface area contributed by atoms with Crippen molar-refractivity contribution < 1.29 is 4.79 Å². The molecular weight excluding hydrogens is 224 g/mol. The summed E-state index contributed by atoms with van der Waals surface area (Å²) in [6.45, 7) is 9.72. The summed E-state index contributed by atoms with van der Waals surface area (Å²) < 4.78 is 0. The van der Waals surface area contributed by atoms with Crippen LogP contribution < -0.4 is 5.32 Å². The van der Waals surface area contributed by atoms with E-state index in [-0.39, 0.29) is 12.2 Å². The minimum atomic E-state index is 0.0359. The topological polar surface area (TPSA) is 32.3 Å². The van der Waals surface area contributed by atoms with Gasteiger partial charge in [-0.3, -0.25) is 10.1 Å². The Kier molecular flexibility index (Phi) is 4.31. The Hall–Kier alpha value is -0.570. The van der Waals surface area contributed by atoms with Crippen molar-refractivity contribution in [2.75, 3.05) is 6.54 Å². The first-order valence-electron chi connectivity index (χ1n) is 7.59. The third-order valence-corrected chi connectivity index (χ3v) is 4.61. The standard InChI is InChI=1S/C15H28N2O/c1-5-13-16-14(10(2)3)15(18)17(13)9-12-7-6-11(4)8-12/h10-14,16H,5-9H2,1-4H3. The molecule has 4 unspecified atom stereocenters. The average Bonchev–Trinajstić information content (AvgIpc) is 2.85. The number of amides is 1. The van der Waals surface area contributed by atoms with E-state index in [4.69, 9.17) is 0 Å². The molecule has 1 aliphatic heterocycles. The van der Waals surface area contributed by atoms with E-state index in [9.17, 15) is 4.79 Å². The van der Waals surface area contributed by atoms with E-state index in [0.717, 1.165) is 24.8 Å². The molecule has 0 bridgehead atoms. The third-order valence-electron chi connectivity index (χ3n) is 4.61. The van der Waals surface area contributed by atoms with E-state index in [1.165, 1.54) is 19.3 Å². The van der Waals surface area contributed by atoms with Crippen molar-refractivity contribution in [2.45, 2.75) is 65.6 Å². The Balaban J connectivity index is 1.99. The molecule has 2 aliphatic rings. The molecule has 0 aromatic rings. The van der Waals surface area contributed by atoms with Crippen LogP contribution in [0.4, 0.5) is 0 Å². The molecule has 1 heterocycles. The van der Waals surface area contributed by atoms with Gasteiger partial charge in [0.15, 0.2) is 0 Å². The molecule has 4 atom stereocenters. The maximum absolute atomic E-state index is 12.4. The van der Waals surface area contributed by atoms with Crippen LogP contribution in [-0.4, -0.2) is 29.6 Å². The predicted octanol–water partition coefficient (Wildman–Crippen LogP) is 2.62. The molecular formula is C15H28N2O. The smallest absolute Gasteiger partial charge is 0.241 e. The van der Waals surface area contributed by atoms with Gasteiger partial charge >= 0.3 is 0 Å². The maximum Gasteiger partial charge on any atom is 0.241 e. The molecule has 3 heteroatoms. The molecule has 0 aromatic carbocycles. The number of carbonyl (C=O) groups is 1. The number of carbonyl (C=O) groups excluding carboxylic acids is 1. The second kappa shape index (κ2) is 5.60. The van der Waals surface area contributed by atoms with Gasteiger partial charge in [0, 0.05) is 6.54 Å². The van der Waals surface area contributed by atoms with Crippen molar-refractivity contribution in [3.63, 3.8) is 0 Å². The van der Waals surface area contributed by atoms with Gasteiger partial charge in [0.2, 0.25) is 5.91 Å². The van der Waals surface area contributed by atoms with Crippen LogP contribution in [0.2, 0.25) is 0 Å². The predicted molar refractivity (Wildman–Crippen MR) is 74.1 cm³/mol. The van der Waals surface area contributed by atoms with E-state index in [2.05, 4.69) is 37.9 Å². The molecule has 2 rings (SSSR count). The van der Waals surface area contributed by atoms with Crippen LogP contribution in [0.25, 0.3) is 0 Å². The molecule has 0 radical (unpaired) electrons. The Bertz CT molecular complexity index is 303. The van der Waals surface area contributed by atoms with Crippen LogP contribution in [0.5, 0.6) is 0 Å². The summed E-state index contributed by atoms with van der Waals surface area (Å²) in [5.74, 6) is 2.29. The zero-order valence-corrected chi connectivity index (χ0v) is 12.3. The van der Waals surface area contributed by atoms with E-state index in [1.807, 2.05) is 0 Å². The van der Waals surface area contributed by atoms with Crippen LogP contribution in [0, 0.1) is 17.8 Å². The lowest BCUT2D eigenvalue weighted by molar-refractivity contribution is -0.131. The molecule has 104 valence electrons. The fourth-order valence-electron chi connectivity index (χ4n) is 3.50. The summed E-state index contributed by atoms with van der Waals surface area (Å²) in [6, 6.07) is 0.0359. The number of hydrogen-bond acceptors (Lipinski definition) is 2. The fraction of sp³-hybridized carbons (Fsp3) is 0.933. The first-order chi connectivity index (χ1) is 8.52. The van der Waals surface area contributed by atoms with E-state index < -0.39 is 0 Å². The summed E-state index contributed by atoms with van der Waals surface area (Å²) in [5, 5.41) is 3.50. The zero-order valence-electron chi connectivity index (χ0n) is 12.3. The first-order valence-corrected chi connectivity index (χ1v) is 7.59. The van der Waals surface area contributed by atoms with Crippen molar-refractivity contribution >= 4 is 5.91 Å². The lowest BCUT2D eigenvalue weighted by atomic mass is 10.0. The highest BCUT2D eigenvalue weighted by atomic mass is 16.2. The van der Waals surface area contributed by atoms with Crippen LogP contribution in [-0.2, 0) is 4.79 Å². The summed E-state index contributed by atoms with van der Waals surface area (Å²) in [6.07, 6.45) is 5.21. The van der Waals surface area contributed by atoms with E-state index >= 15 is 0 Å². The second-order valence-corrected chi connectivity index (χ2v) is 6.59. The molecule has 1 saturated carbocycles. The Labute approximate surface area is 111 Å². The van der Waals surface area contributed by atoms with E-state index in [0.29, 0.717) is 11.8 Å². The van der Waals surface area contributed by atoms with Gasteiger partial charge < -0.3 is 4.90 Å². The largest absolute Gasteiger partial charge is 0.326 e. The summed E-state index contributed by atoms with van der Waals surface area (Å²) >= 11 is 0. The molecule has 2 fully saturated rings. The molecule has 18 heavy (non-hydrogen) atoms. The van der Waals surface area contributed by atoms with Crippen LogP contribution in [0.1, 0.15) is 53.4 Å². The molecule has 1 saturated heterocycles. The molecule has 1 N–H and O–H groups in total. The van der Waals surface area contributed by atoms with Crippen LogP contribution in [0.3, 0.4) is 0 Å². The van der Waals surface area contributed by atoms with Gasteiger partial charge in [-0.2, -0.15) is 0 Å². The van der Waals surface area contributed by atoms with Crippen LogP contribution in [0.15, 0.2) is 0 Å². The number of nitrogens with zero attached hydrogens (tertiary/aromatic N) is 1. The molecule has 0 aromatic heterocycles. The highest BCUT2D eigenvalue weighted by Crippen LogP contribution is 2.32. The lowest BCUT2D eigenvalue weighted by Gasteiger charge is -2.26. The third kappa shape index (κ3) is 2.71. The minimum Gasteiger partial charge on any atom is -0.326 e. The maximum atomic E-state index is 12.4. The van der Waals surface area contributed by atoms with Crippen molar-refractivity contribution in [1.29, 1.82) is 0 Å². The Morgan fingerprint density at radius 3 is 2.61 bits per heavy atom. The number of rotatable bonds is 4. The lowest BCUT2D eigenvalue weighted by Crippen LogP contribution is -2.39. The van der Waals surface area contributed by atoms with Crippen molar-refractivity contribution in [3.05, 3.63) is 0 Å². The van der Waals surface area contributed by atoms with Gasteiger partial charge in [-0.15, -0.1) is 0 Å². The second-order valence-electron chi connectivity index (χ2n) is 6.59. The molecule has 3 nitrogen and oxygen atoms in total. The first kappa shape index (κ1) is 13.9. The van der Waals surface area contributed by atoms with Gasteiger partial charge in [0.1, 0.15) is 0 Å². The number of nitrogens with one attached hydrogen (secondary N) is 1.